The predicted molar refractivity (Wildman–Crippen MR) is 81.8 cm³/mol. The monoisotopic (exact) mass is 289 g/mol. The number of imidazole rings is 1. The molecule has 0 unspecified atom stereocenters. The van der Waals surface area contributed by atoms with Crippen LogP contribution >= 0.6 is 11.6 Å². The molecule has 4 nitrogen and oxygen atoms in total. The summed E-state index contributed by atoms with van der Waals surface area (Å²) in [4.78, 5) is 4.56. The van der Waals surface area contributed by atoms with E-state index in [4.69, 9.17) is 28.5 Å². The van der Waals surface area contributed by atoms with Gasteiger partial charge in [-0.3, -0.25) is 0 Å². The molecular formula is C15H16ClN3O. The van der Waals surface area contributed by atoms with Crippen molar-refractivity contribution in [3.63, 3.8) is 0 Å². The highest BCUT2D eigenvalue weighted by Crippen LogP contribution is 2.32. The summed E-state index contributed by atoms with van der Waals surface area (Å²) >= 11 is 6.14. The average Bonchev–Trinajstić information content (AvgIpc) is 2.76. The molecule has 1 aromatic heterocycles. The molecule has 0 amide bonds. The van der Waals surface area contributed by atoms with Gasteiger partial charge in [0.05, 0.1) is 18.7 Å². The highest BCUT2D eigenvalue weighted by Gasteiger charge is 2.15. The van der Waals surface area contributed by atoms with Crippen LogP contribution in [0.5, 0.6) is 5.75 Å². The van der Waals surface area contributed by atoms with Crippen LogP contribution in [-0.2, 0) is 13.0 Å². The van der Waals surface area contributed by atoms with E-state index in [1.54, 1.807) is 19.2 Å². The zero-order chi connectivity index (χ0) is 14.7. The topological polar surface area (TPSA) is 53.1 Å². The summed E-state index contributed by atoms with van der Waals surface area (Å²) in [6.07, 6.45) is 6.13. The van der Waals surface area contributed by atoms with Crippen molar-refractivity contribution in [3.8, 4) is 29.4 Å². The molecule has 2 N–H and O–H groups in total. The van der Waals surface area contributed by atoms with E-state index in [1.165, 1.54) is 0 Å². The van der Waals surface area contributed by atoms with Gasteiger partial charge in [-0.15, -0.1) is 6.42 Å². The molecule has 0 bridgehead atoms. The number of nitrogens with two attached hydrogens (primary N) is 1. The van der Waals surface area contributed by atoms with Crippen molar-refractivity contribution in [1.29, 1.82) is 0 Å². The maximum Gasteiger partial charge on any atom is 0.137 e. The fourth-order valence-corrected chi connectivity index (χ4v) is 2.34. The molecular weight excluding hydrogens is 274 g/mol. The summed E-state index contributed by atoms with van der Waals surface area (Å²) in [6.45, 7) is 2.42. The number of hydrogen-bond acceptors (Lipinski definition) is 3. The number of nitrogens with zero attached hydrogens (tertiary/aromatic N) is 2. The Bertz CT molecular complexity index is 670. The minimum Gasteiger partial charge on any atom is -0.495 e. The number of nitrogen functional groups attached to an aromatic ring is 1. The third-order valence-electron chi connectivity index (χ3n) is 3.08. The summed E-state index contributed by atoms with van der Waals surface area (Å²) in [5.41, 5.74) is 7.69. The first-order valence-corrected chi connectivity index (χ1v) is 6.62. The minimum absolute atomic E-state index is 0.409. The summed E-state index contributed by atoms with van der Waals surface area (Å²) in [7, 11) is 1.58. The van der Waals surface area contributed by atoms with Gasteiger partial charge in [-0.2, -0.15) is 0 Å². The van der Waals surface area contributed by atoms with Gasteiger partial charge in [0.25, 0.3) is 0 Å². The van der Waals surface area contributed by atoms with Crippen LogP contribution in [0.4, 0.5) is 5.82 Å². The summed E-state index contributed by atoms with van der Waals surface area (Å²) in [6, 6.07) is 5.46. The molecule has 0 spiro atoms. The Balaban J connectivity index is 2.53. The van der Waals surface area contributed by atoms with E-state index < -0.39 is 0 Å². The van der Waals surface area contributed by atoms with Crippen molar-refractivity contribution in [2.45, 2.75) is 19.9 Å². The second kappa shape index (κ2) is 5.89. The second-order valence-corrected chi connectivity index (χ2v) is 4.66. The Morgan fingerprint density at radius 1 is 1.50 bits per heavy atom. The number of terminal acetylenes is 1. The van der Waals surface area contributed by atoms with Gasteiger partial charge in [-0.25, -0.2) is 4.98 Å². The molecule has 104 valence electrons. The van der Waals surface area contributed by atoms with E-state index in [2.05, 4.69) is 10.9 Å². The smallest absolute Gasteiger partial charge is 0.137 e. The Hall–Kier alpha value is -2.12. The lowest BCUT2D eigenvalue weighted by atomic mass is 10.1. The van der Waals surface area contributed by atoms with Crippen LogP contribution in [0.25, 0.3) is 11.3 Å². The molecule has 2 aromatic rings. The van der Waals surface area contributed by atoms with Gasteiger partial charge in [0.2, 0.25) is 0 Å². The number of anilines is 1. The molecule has 1 heterocycles. The van der Waals surface area contributed by atoms with Crippen LogP contribution in [0.3, 0.4) is 0 Å². The lowest BCUT2D eigenvalue weighted by Gasteiger charge is -2.06. The first-order valence-electron chi connectivity index (χ1n) is 6.24. The van der Waals surface area contributed by atoms with Gasteiger partial charge in [-0.1, -0.05) is 24.4 Å². The van der Waals surface area contributed by atoms with Gasteiger partial charge in [-0.05, 0) is 18.2 Å². The third-order valence-corrected chi connectivity index (χ3v) is 3.37. The molecule has 20 heavy (non-hydrogen) atoms. The molecule has 0 aliphatic rings. The molecule has 1 aromatic carbocycles. The number of aromatic nitrogens is 2. The molecule has 0 aliphatic heterocycles. The summed E-state index contributed by atoms with van der Waals surface area (Å²) in [5.74, 6) is 4.63. The van der Waals surface area contributed by atoms with Crippen LogP contribution in [0, 0.1) is 12.3 Å². The highest BCUT2D eigenvalue weighted by atomic mass is 35.5. The van der Waals surface area contributed by atoms with Crippen molar-refractivity contribution in [2.24, 2.45) is 0 Å². The SMILES string of the molecule is C#CCn1c(CC)nc(-c2ccc(OC)c(Cl)c2)c1N. The second-order valence-electron chi connectivity index (χ2n) is 4.26. The average molecular weight is 290 g/mol. The first-order chi connectivity index (χ1) is 9.62. The van der Waals surface area contributed by atoms with E-state index in [-0.39, 0.29) is 0 Å². The fourth-order valence-electron chi connectivity index (χ4n) is 2.08. The zero-order valence-electron chi connectivity index (χ0n) is 11.5. The van der Waals surface area contributed by atoms with Crippen LogP contribution in [-0.4, -0.2) is 16.7 Å². The highest BCUT2D eigenvalue weighted by molar-refractivity contribution is 6.32. The predicted octanol–water partition coefficient (Wildman–Crippen LogP) is 2.99. The lowest BCUT2D eigenvalue weighted by molar-refractivity contribution is 0.415. The molecule has 0 saturated carbocycles. The van der Waals surface area contributed by atoms with E-state index in [0.29, 0.717) is 28.8 Å². The molecule has 0 aliphatic carbocycles. The quantitative estimate of drug-likeness (QED) is 0.880. The van der Waals surface area contributed by atoms with Crippen molar-refractivity contribution < 1.29 is 4.74 Å². The Morgan fingerprint density at radius 2 is 2.25 bits per heavy atom. The molecule has 2 rings (SSSR count). The van der Waals surface area contributed by atoms with Crippen molar-refractivity contribution in [2.75, 3.05) is 12.8 Å². The Morgan fingerprint density at radius 3 is 2.80 bits per heavy atom. The molecule has 0 radical (unpaired) electrons. The number of halogens is 1. The normalized spacial score (nSPS) is 10.3. The largest absolute Gasteiger partial charge is 0.495 e. The minimum atomic E-state index is 0.409. The van der Waals surface area contributed by atoms with Crippen LogP contribution < -0.4 is 10.5 Å². The Labute approximate surface area is 123 Å². The van der Waals surface area contributed by atoms with Gasteiger partial charge in [0.1, 0.15) is 23.1 Å². The van der Waals surface area contributed by atoms with Gasteiger partial charge in [0, 0.05) is 12.0 Å². The van der Waals surface area contributed by atoms with E-state index >= 15 is 0 Å². The van der Waals surface area contributed by atoms with E-state index in [9.17, 15) is 0 Å². The number of rotatable bonds is 4. The lowest BCUT2D eigenvalue weighted by Crippen LogP contribution is -2.05. The first kappa shape index (κ1) is 14.3. The molecule has 0 atom stereocenters. The number of ether oxygens (including phenoxy) is 1. The van der Waals surface area contributed by atoms with Gasteiger partial charge >= 0.3 is 0 Å². The van der Waals surface area contributed by atoms with Crippen LogP contribution in [0.1, 0.15) is 12.7 Å². The maximum atomic E-state index is 6.15. The number of methoxy groups -OCH3 is 1. The standard InChI is InChI=1S/C15H16ClN3O/c1-4-8-19-13(5-2)18-14(15(19)17)10-6-7-12(20-3)11(16)9-10/h1,6-7,9H,5,8,17H2,2-3H3. The van der Waals surface area contributed by atoms with Gasteiger partial charge in [0.15, 0.2) is 0 Å². The zero-order valence-corrected chi connectivity index (χ0v) is 12.2. The van der Waals surface area contributed by atoms with Crippen molar-refractivity contribution in [3.05, 3.63) is 29.0 Å². The summed E-state index contributed by atoms with van der Waals surface area (Å²) in [5, 5.41) is 0.522. The molecule has 5 heteroatoms. The van der Waals surface area contributed by atoms with E-state index in [1.807, 2.05) is 17.6 Å². The third kappa shape index (κ3) is 2.45. The van der Waals surface area contributed by atoms with Crippen molar-refractivity contribution in [1.82, 2.24) is 9.55 Å². The number of benzene rings is 1. The van der Waals surface area contributed by atoms with E-state index in [0.717, 1.165) is 17.8 Å². The maximum absolute atomic E-state index is 6.15. The molecule has 0 fully saturated rings. The van der Waals surface area contributed by atoms with Gasteiger partial charge < -0.3 is 15.0 Å². The number of aryl methyl sites for hydroxylation is 1. The fraction of sp³-hybridized carbons (Fsp3) is 0.267. The summed E-state index contributed by atoms with van der Waals surface area (Å²) < 4.78 is 6.98. The Kier molecular flexibility index (Phi) is 4.21. The van der Waals surface area contributed by atoms with Crippen LogP contribution in [0.15, 0.2) is 18.2 Å². The number of hydrogen-bond donors (Lipinski definition) is 1. The van der Waals surface area contributed by atoms with Crippen LogP contribution in [0.2, 0.25) is 5.02 Å². The van der Waals surface area contributed by atoms with Crippen molar-refractivity contribution >= 4 is 17.4 Å². The molecule has 0 saturated heterocycles.